The van der Waals surface area contributed by atoms with Gasteiger partial charge in [0.15, 0.2) is 0 Å². The predicted molar refractivity (Wildman–Crippen MR) is 58.1 cm³/mol. The van der Waals surface area contributed by atoms with Crippen molar-refractivity contribution in [1.82, 2.24) is 0 Å². The molecule has 4 heteroatoms. The first-order valence-corrected chi connectivity index (χ1v) is 3.76. The first-order chi connectivity index (χ1) is 5.74. The molecule has 0 atom stereocenters. The molecule has 1 aromatic rings. The largest absolute Gasteiger partial charge is 0.462 e. The summed E-state index contributed by atoms with van der Waals surface area (Å²) in [6.45, 7) is 2.17. The molecule has 0 amide bonds. The van der Waals surface area contributed by atoms with Crippen molar-refractivity contribution in [2.75, 3.05) is 12.3 Å². The smallest absolute Gasteiger partial charge is 0.338 e. The Morgan fingerprint density at radius 3 is 2.38 bits per heavy atom. The van der Waals surface area contributed by atoms with E-state index in [1.165, 1.54) is 0 Å². The number of nitrogens with two attached hydrogens (primary N) is 1. The van der Waals surface area contributed by atoms with Crippen LogP contribution in [0.5, 0.6) is 0 Å². The molecule has 0 spiro atoms. The zero-order valence-corrected chi connectivity index (χ0v) is 6.91. The van der Waals surface area contributed by atoms with Gasteiger partial charge in [0.1, 0.15) is 0 Å². The number of ether oxygens (including phenoxy) is 1. The lowest BCUT2D eigenvalue weighted by Gasteiger charge is -2.00. The minimum Gasteiger partial charge on any atom is -0.462 e. The van der Waals surface area contributed by atoms with E-state index >= 15 is 0 Å². The third kappa shape index (κ3) is 3.29. The van der Waals surface area contributed by atoms with Crippen LogP contribution in [-0.2, 0) is 4.74 Å². The first kappa shape index (κ1) is 11.7. The quantitative estimate of drug-likeness (QED) is 0.412. The predicted octanol–water partition coefficient (Wildman–Crippen LogP) is -0.00610. The van der Waals surface area contributed by atoms with Gasteiger partial charge in [-0.25, -0.2) is 4.79 Å². The molecular formula is C9H15NO2Si. The number of carbonyl (C=O) groups excluding carboxylic acids is 1. The summed E-state index contributed by atoms with van der Waals surface area (Å²) in [7, 11) is 0. The summed E-state index contributed by atoms with van der Waals surface area (Å²) in [6, 6.07) is 6.64. The molecule has 0 unspecified atom stereocenters. The van der Waals surface area contributed by atoms with Gasteiger partial charge in [-0.1, -0.05) is 0 Å². The van der Waals surface area contributed by atoms with Crippen LogP contribution in [0, 0.1) is 0 Å². The van der Waals surface area contributed by atoms with Crippen molar-refractivity contribution in [3.8, 4) is 0 Å². The monoisotopic (exact) mass is 197 g/mol. The molecule has 13 heavy (non-hydrogen) atoms. The van der Waals surface area contributed by atoms with E-state index in [9.17, 15) is 4.79 Å². The maximum atomic E-state index is 11.1. The molecule has 0 aliphatic heterocycles. The van der Waals surface area contributed by atoms with Crippen molar-refractivity contribution < 1.29 is 9.53 Å². The molecule has 0 fully saturated rings. The standard InChI is InChI=1S/C9H11NO2.H4Si/c1-2-12-9(11)7-3-5-8(10)6-4-7;/h3-6H,2,10H2,1H3;1H4. The number of nitrogen functional groups attached to an aromatic ring is 1. The van der Waals surface area contributed by atoms with Gasteiger partial charge in [-0.05, 0) is 42.2 Å². The molecular weight excluding hydrogens is 182 g/mol. The van der Waals surface area contributed by atoms with Crippen LogP contribution < -0.4 is 5.73 Å². The van der Waals surface area contributed by atoms with Gasteiger partial charge >= 0.3 is 5.97 Å². The lowest BCUT2D eigenvalue weighted by Crippen LogP contribution is -2.04. The van der Waals surface area contributed by atoms with Crippen molar-refractivity contribution in [2.45, 2.75) is 6.92 Å². The maximum Gasteiger partial charge on any atom is 0.338 e. The average Bonchev–Trinajstić information content (AvgIpc) is 2.06. The molecule has 0 saturated heterocycles. The topological polar surface area (TPSA) is 52.3 Å². The van der Waals surface area contributed by atoms with E-state index in [0.29, 0.717) is 17.9 Å². The SMILES string of the molecule is CCOC(=O)c1ccc(N)cc1.[SiH4]. The summed E-state index contributed by atoms with van der Waals surface area (Å²) in [5.74, 6) is -0.308. The maximum absolute atomic E-state index is 11.1. The Morgan fingerprint density at radius 1 is 1.38 bits per heavy atom. The van der Waals surface area contributed by atoms with Crippen LogP contribution in [0.4, 0.5) is 5.69 Å². The van der Waals surface area contributed by atoms with Crippen molar-refractivity contribution in [2.24, 2.45) is 0 Å². The van der Waals surface area contributed by atoms with Crippen LogP contribution in [0.2, 0.25) is 0 Å². The summed E-state index contributed by atoms with van der Waals surface area (Å²) < 4.78 is 4.79. The van der Waals surface area contributed by atoms with Gasteiger partial charge < -0.3 is 10.5 Å². The van der Waals surface area contributed by atoms with E-state index in [-0.39, 0.29) is 16.9 Å². The van der Waals surface area contributed by atoms with Gasteiger partial charge in [0.2, 0.25) is 0 Å². The van der Waals surface area contributed by atoms with E-state index in [4.69, 9.17) is 10.5 Å². The van der Waals surface area contributed by atoms with E-state index in [1.54, 1.807) is 31.2 Å². The number of hydrogen-bond donors (Lipinski definition) is 1. The zero-order valence-electron chi connectivity index (χ0n) is 6.91. The van der Waals surface area contributed by atoms with Gasteiger partial charge in [-0.15, -0.1) is 0 Å². The molecule has 0 saturated carbocycles. The Hall–Kier alpha value is -1.29. The number of benzene rings is 1. The first-order valence-electron chi connectivity index (χ1n) is 3.76. The number of rotatable bonds is 2. The van der Waals surface area contributed by atoms with Crippen LogP contribution in [0.3, 0.4) is 0 Å². The van der Waals surface area contributed by atoms with E-state index in [2.05, 4.69) is 0 Å². The summed E-state index contributed by atoms with van der Waals surface area (Å²) >= 11 is 0. The fourth-order valence-corrected chi connectivity index (χ4v) is 0.834. The zero-order chi connectivity index (χ0) is 8.97. The minimum absolute atomic E-state index is 0. The highest BCUT2D eigenvalue weighted by Gasteiger charge is 2.03. The number of carbonyl (C=O) groups is 1. The Bertz CT molecular complexity index is 271. The molecule has 0 aliphatic carbocycles. The average molecular weight is 197 g/mol. The third-order valence-electron chi connectivity index (χ3n) is 1.42. The lowest BCUT2D eigenvalue weighted by molar-refractivity contribution is 0.0526. The second-order valence-corrected chi connectivity index (χ2v) is 2.34. The molecule has 0 radical (unpaired) electrons. The molecule has 2 N–H and O–H groups in total. The van der Waals surface area contributed by atoms with Crippen LogP contribution in [0.25, 0.3) is 0 Å². The van der Waals surface area contributed by atoms with E-state index in [0.717, 1.165) is 0 Å². The molecule has 0 heterocycles. The van der Waals surface area contributed by atoms with Crippen molar-refractivity contribution in [3.63, 3.8) is 0 Å². The Kier molecular flexibility index (Phi) is 4.84. The number of hydrogen-bond acceptors (Lipinski definition) is 3. The van der Waals surface area contributed by atoms with Gasteiger partial charge in [-0.2, -0.15) is 0 Å². The molecule has 0 aromatic heterocycles. The molecule has 1 aromatic carbocycles. The highest BCUT2D eigenvalue weighted by atomic mass is 28.1. The fourth-order valence-electron chi connectivity index (χ4n) is 0.834. The molecule has 0 bridgehead atoms. The van der Waals surface area contributed by atoms with Crippen molar-refractivity contribution >= 4 is 22.6 Å². The Balaban J connectivity index is 0.00000144. The highest BCUT2D eigenvalue weighted by Crippen LogP contribution is 2.06. The molecule has 0 aliphatic rings. The molecule has 3 nitrogen and oxygen atoms in total. The van der Waals surface area contributed by atoms with Crippen molar-refractivity contribution in [3.05, 3.63) is 29.8 Å². The number of esters is 1. The highest BCUT2D eigenvalue weighted by molar-refractivity contribution is 5.89. The second kappa shape index (κ2) is 5.37. The summed E-state index contributed by atoms with van der Waals surface area (Å²) in [4.78, 5) is 11.1. The van der Waals surface area contributed by atoms with Crippen molar-refractivity contribution in [1.29, 1.82) is 0 Å². The van der Waals surface area contributed by atoms with Crippen LogP contribution in [0.15, 0.2) is 24.3 Å². The van der Waals surface area contributed by atoms with Gasteiger partial charge in [0.05, 0.1) is 12.2 Å². The minimum atomic E-state index is -0.308. The van der Waals surface area contributed by atoms with E-state index < -0.39 is 0 Å². The van der Waals surface area contributed by atoms with Crippen LogP contribution in [0.1, 0.15) is 17.3 Å². The summed E-state index contributed by atoms with van der Waals surface area (Å²) in [5, 5.41) is 0. The second-order valence-electron chi connectivity index (χ2n) is 2.34. The van der Waals surface area contributed by atoms with Gasteiger partial charge in [-0.3, -0.25) is 0 Å². The number of anilines is 1. The third-order valence-corrected chi connectivity index (χ3v) is 1.42. The van der Waals surface area contributed by atoms with Crippen LogP contribution >= 0.6 is 0 Å². The van der Waals surface area contributed by atoms with E-state index in [1.807, 2.05) is 0 Å². The summed E-state index contributed by atoms with van der Waals surface area (Å²) in [5.41, 5.74) is 6.62. The molecule has 72 valence electrons. The summed E-state index contributed by atoms with van der Waals surface area (Å²) in [6.07, 6.45) is 0. The normalized spacial score (nSPS) is 8.69. The van der Waals surface area contributed by atoms with Crippen LogP contribution in [-0.4, -0.2) is 23.5 Å². The Morgan fingerprint density at radius 2 is 1.92 bits per heavy atom. The molecule has 1 rings (SSSR count). The van der Waals surface area contributed by atoms with Gasteiger partial charge in [0.25, 0.3) is 0 Å². The fraction of sp³-hybridized carbons (Fsp3) is 0.222. The Labute approximate surface area is 81.9 Å². The van der Waals surface area contributed by atoms with Gasteiger partial charge in [0, 0.05) is 5.69 Å². The lowest BCUT2D eigenvalue weighted by atomic mass is 10.2.